The van der Waals surface area contributed by atoms with E-state index in [1.54, 1.807) is 12.1 Å². The Labute approximate surface area is 159 Å². The van der Waals surface area contributed by atoms with E-state index in [-0.39, 0.29) is 5.91 Å². The van der Waals surface area contributed by atoms with Crippen LogP contribution in [0.2, 0.25) is 0 Å². The van der Waals surface area contributed by atoms with Crippen molar-refractivity contribution in [1.29, 1.82) is 0 Å². The number of anilines is 2. The minimum Gasteiger partial charge on any atom is -0.366 e. The number of hydrogen-bond donors (Lipinski definition) is 2. The zero-order valence-corrected chi connectivity index (χ0v) is 15.5. The summed E-state index contributed by atoms with van der Waals surface area (Å²) in [5.74, 6) is 0.799. The summed E-state index contributed by atoms with van der Waals surface area (Å²) in [6.07, 6.45) is 1.74. The second kappa shape index (κ2) is 8.27. The first kappa shape index (κ1) is 18.3. The monoisotopic (exact) mass is 358 g/mol. The van der Waals surface area contributed by atoms with Crippen LogP contribution in [-0.2, 0) is 0 Å². The molecule has 0 aliphatic heterocycles. The minimum absolute atomic E-state index is 0.275. The van der Waals surface area contributed by atoms with Crippen LogP contribution in [0.15, 0.2) is 67.3 Å². The predicted octanol–water partition coefficient (Wildman–Crippen LogP) is 4.61. The highest BCUT2D eigenvalue weighted by atomic mass is 16.1. The average Bonchev–Trinajstić information content (AvgIpc) is 2.69. The van der Waals surface area contributed by atoms with E-state index in [0.717, 1.165) is 22.4 Å². The van der Waals surface area contributed by atoms with Crippen molar-refractivity contribution in [2.45, 2.75) is 13.8 Å². The molecule has 1 heterocycles. The summed E-state index contributed by atoms with van der Waals surface area (Å²) < 4.78 is 0. The quantitative estimate of drug-likeness (QED) is 0.632. The summed E-state index contributed by atoms with van der Waals surface area (Å²) >= 11 is 0. The standard InChI is InChI=1S/C22H22N4O/c1-4-12-23-20-14-19(24-21(26-20)17-8-6-5-7-9-17)22(27)25-18-11-10-15(2)13-16(18)3/h4-11,13-14H,1,12H2,2-3H3,(H,25,27)(H,23,24,26). The molecule has 0 radical (unpaired) electrons. The van der Waals surface area contributed by atoms with Crippen molar-refractivity contribution < 1.29 is 4.79 Å². The number of nitrogens with zero attached hydrogens (tertiary/aromatic N) is 2. The lowest BCUT2D eigenvalue weighted by Gasteiger charge is -2.11. The van der Waals surface area contributed by atoms with E-state index >= 15 is 0 Å². The molecule has 5 heteroatoms. The Balaban J connectivity index is 1.95. The number of aryl methyl sites for hydroxylation is 2. The van der Waals surface area contributed by atoms with Gasteiger partial charge >= 0.3 is 0 Å². The molecule has 2 N–H and O–H groups in total. The highest BCUT2D eigenvalue weighted by molar-refractivity contribution is 6.04. The maximum absolute atomic E-state index is 12.8. The van der Waals surface area contributed by atoms with E-state index in [2.05, 4.69) is 27.2 Å². The van der Waals surface area contributed by atoms with Crippen molar-refractivity contribution in [2.24, 2.45) is 0 Å². The van der Waals surface area contributed by atoms with Gasteiger partial charge in [0.2, 0.25) is 0 Å². The maximum Gasteiger partial charge on any atom is 0.274 e. The van der Waals surface area contributed by atoms with Crippen LogP contribution in [0.25, 0.3) is 11.4 Å². The van der Waals surface area contributed by atoms with Crippen molar-refractivity contribution in [3.8, 4) is 11.4 Å². The molecular formula is C22H22N4O. The lowest BCUT2D eigenvalue weighted by molar-refractivity contribution is 0.102. The SMILES string of the molecule is C=CCNc1cc(C(=O)Nc2ccc(C)cc2C)nc(-c2ccccc2)n1. The van der Waals surface area contributed by atoms with E-state index in [9.17, 15) is 4.79 Å². The number of carbonyl (C=O) groups is 1. The fourth-order valence-corrected chi connectivity index (χ4v) is 2.69. The van der Waals surface area contributed by atoms with Crippen LogP contribution in [0.1, 0.15) is 21.6 Å². The van der Waals surface area contributed by atoms with Crippen LogP contribution in [0.5, 0.6) is 0 Å². The fourth-order valence-electron chi connectivity index (χ4n) is 2.69. The third-order valence-corrected chi connectivity index (χ3v) is 4.05. The Hall–Kier alpha value is -3.47. The van der Waals surface area contributed by atoms with Crippen LogP contribution < -0.4 is 10.6 Å². The second-order valence-corrected chi connectivity index (χ2v) is 6.27. The minimum atomic E-state index is -0.275. The van der Waals surface area contributed by atoms with Crippen molar-refractivity contribution in [3.05, 3.63) is 84.1 Å². The molecular weight excluding hydrogens is 336 g/mol. The lowest BCUT2D eigenvalue weighted by Crippen LogP contribution is -2.16. The molecule has 0 unspecified atom stereocenters. The van der Waals surface area contributed by atoms with Gasteiger partial charge in [-0.3, -0.25) is 4.79 Å². The lowest BCUT2D eigenvalue weighted by atomic mass is 10.1. The Morgan fingerprint density at radius 2 is 1.85 bits per heavy atom. The molecule has 0 aliphatic carbocycles. The molecule has 0 fully saturated rings. The van der Waals surface area contributed by atoms with Gasteiger partial charge in [-0.2, -0.15) is 0 Å². The van der Waals surface area contributed by atoms with Crippen molar-refractivity contribution >= 4 is 17.4 Å². The Morgan fingerprint density at radius 1 is 1.07 bits per heavy atom. The number of hydrogen-bond acceptors (Lipinski definition) is 4. The molecule has 0 bridgehead atoms. The van der Waals surface area contributed by atoms with Crippen molar-refractivity contribution in [2.75, 3.05) is 17.2 Å². The third-order valence-electron chi connectivity index (χ3n) is 4.05. The van der Waals surface area contributed by atoms with Gasteiger partial charge in [0.1, 0.15) is 11.5 Å². The van der Waals surface area contributed by atoms with Crippen LogP contribution in [0.3, 0.4) is 0 Å². The van der Waals surface area contributed by atoms with Gasteiger partial charge in [-0.15, -0.1) is 6.58 Å². The zero-order chi connectivity index (χ0) is 19.2. The van der Waals surface area contributed by atoms with Gasteiger partial charge in [0.15, 0.2) is 5.82 Å². The summed E-state index contributed by atoms with van der Waals surface area (Å²) in [5.41, 5.74) is 4.07. The van der Waals surface area contributed by atoms with Crippen LogP contribution in [-0.4, -0.2) is 22.4 Å². The molecule has 0 spiro atoms. The van der Waals surface area contributed by atoms with Gasteiger partial charge in [0, 0.05) is 23.9 Å². The van der Waals surface area contributed by atoms with Crippen LogP contribution in [0, 0.1) is 13.8 Å². The number of aromatic nitrogens is 2. The predicted molar refractivity (Wildman–Crippen MR) is 110 cm³/mol. The molecule has 0 saturated carbocycles. The molecule has 0 saturated heterocycles. The average molecular weight is 358 g/mol. The van der Waals surface area contributed by atoms with Gasteiger partial charge in [-0.25, -0.2) is 9.97 Å². The number of rotatable bonds is 6. The highest BCUT2D eigenvalue weighted by Gasteiger charge is 2.14. The highest BCUT2D eigenvalue weighted by Crippen LogP contribution is 2.20. The molecule has 136 valence electrons. The first-order valence-electron chi connectivity index (χ1n) is 8.74. The Bertz CT molecular complexity index is 967. The van der Waals surface area contributed by atoms with Gasteiger partial charge in [-0.1, -0.05) is 54.1 Å². The van der Waals surface area contributed by atoms with Crippen molar-refractivity contribution in [1.82, 2.24) is 9.97 Å². The Morgan fingerprint density at radius 3 is 2.56 bits per heavy atom. The molecule has 1 amide bonds. The van der Waals surface area contributed by atoms with E-state index < -0.39 is 0 Å². The fraction of sp³-hybridized carbons (Fsp3) is 0.136. The Kier molecular flexibility index (Phi) is 5.61. The van der Waals surface area contributed by atoms with E-state index in [0.29, 0.717) is 23.9 Å². The molecule has 2 aromatic carbocycles. The molecule has 3 aromatic rings. The van der Waals surface area contributed by atoms with E-state index in [1.807, 2.05) is 62.4 Å². The largest absolute Gasteiger partial charge is 0.366 e. The number of amides is 1. The summed E-state index contributed by atoms with van der Waals surface area (Å²) in [5, 5.41) is 6.07. The van der Waals surface area contributed by atoms with Gasteiger partial charge in [-0.05, 0) is 25.5 Å². The number of carbonyl (C=O) groups excluding carboxylic acids is 1. The molecule has 5 nitrogen and oxygen atoms in total. The van der Waals surface area contributed by atoms with Crippen molar-refractivity contribution in [3.63, 3.8) is 0 Å². The van der Waals surface area contributed by atoms with Crippen LogP contribution >= 0.6 is 0 Å². The molecule has 0 atom stereocenters. The van der Waals surface area contributed by atoms with E-state index in [4.69, 9.17) is 0 Å². The maximum atomic E-state index is 12.8. The normalized spacial score (nSPS) is 10.3. The molecule has 27 heavy (non-hydrogen) atoms. The number of nitrogens with one attached hydrogen (secondary N) is 2. The summed E-state index contributed by atoms with van der Waals surface area (Å²) in [7, 11) is 0. The van der Waals surface area contributed by atoms with Gasteiger partial charge < -0.3 is 10.6 Å². The topological polar surface area (TPSA) is 66.9 Å². The third kappa shape index (κ3) is 4.58. The smallest absolute Gasteiger partial charge is 0.274 e. The summed E-state index contributed by atoms with van der Waals surface area (Å²) in [6, 6.07) is 17.1. The van der Waals surface area contributed by atoms with Crippen LogP contribution in [0.4, 0.5) is 11.5 Å². The first-order chi connectivity index (χ1) is 13.1. The van der Waals surface area contributed by atoms with E-state index in [1.165, 1.54) is 0 Å². The molecule has 0 aliphatic rings. The summed E-state index contributed by atoms with van der Waals surface area (Å²) in [4.78, 5) is 21.8. The second-order valence-electron chi connectivity index (χ2n) is 6.27. The molecule has 1 aromatic heterocycles. The molecule has 3 rings (SSSR count). The van der Waals surface area contributed by atoms with Gasteiger partial charge in [0.05, 0.1) is 0 Å². The number of benzene rings is 2. The zero-order valence-electron chi connectivity index (χ0n) is 15.5. The first-order valence-corrected chi connectivity index (χ1v) is 8.74. The van der Waals surface area contributed by atoms with Gasteiger partial charge in [0.25, 0.3) is 5.91 Å². The summed E-state index contributed by atoms with van der Waals surface area (Å²) in [6.45, 7) is 8.23.